The van der Waals surface area contributed by atoms with E-state index in [1.54, 1.807) is 12.1 Å². The second-order valence-electron chi connectivity index (χ2n) is 11.3. The Kier molecular flexibility index (Phi) is 11.2. The third-order valence-electron chi connectivity index (χ3n) is 8.45. The fraction of sp³-hybridized carbons (Fsp3) is 0.368. The molecule has 0 saturated heterocycles. The average Bonchev–Trinajstić information content (AvgIpc) is 2.98. The maximum atomic E-state index is 13.8. The van der Waals surface area contributed by atoms with Crippen LogP contribution in [0.25, 0.3) is 21.9 Å². The van der Waals surface area contributed by atoms with Crippen LogP contribution < -0.4 is 4.74 Å². The normalized spacial score (nSPS) is 14.1. The number of halogens is 2. The number of unbranched alkanes of at least 4 members (excludes halogenated alkanes) is 1. The maximum absolute atomic E-state index is 13.8. The van der Waals surface area contributed by atoms with E-state index in [4.69, 9.17) is 21.1 Å². The fourth-order valence-electron chi connectivity index (χ4n) is 5.92. The minimum atomic E-state index is -0.248. The quantitative estimate of drug-likeness (QED) is 0.110. The minimum absolute atomic E-state index is 0.248. The van der Waals surface area contributed by atoms with Gasteiger partial charge in [-0.05, 0) is 110 Å². The number of hydrogen-bond donors (Lipinski definition) is 0. The van der Waals surface area contributed by atoms with Crippen molar-refractivity contribution in [3.05, 3.63) is 111 Å². The molecular formula is C38H45ClFNO2. The molecule has 0 atom stereocenters. The van der Waals surface area contributed by atoms with Gasteiger partial charge >= 0.3 is 0 Å². The van der Waals surface area contributed by atoms with Gasteiger partial charge in [-0.3, -0.25) is 0 Å². The van der Waals surface area contributed by atoms with Crippen molar-refractivity contribution in [2.45, 2.75) is 66.7 Å². The van der Waals surface area contributed by atoms with Crippen molar-refractivity contribution in [1.29, 1.82) is 0 Å². The Hall–Kier alpha value is -3.50. The largest absolute Gasteiger partial charge is 0.494 e. The smallest absolute Gasteiger partial charge is 0.127 e. The van der Waals surface area contributed by atoms with Crippen LogP contribution in [-0.2, 0) is 4.74 Å². The summed E-state index contributed by atoms with van der Waals surface area (Å²) in [6, 6.07) is 14.7. The minimum Gasteiger partial charge on any atom is -0.494 e. The van der Waals surface area contributed by atoms with Gasteiger partial charge in [-0.2, -0.15) is 0 Å². The Morgan fingerprint density at radius 1 is 1.02 bits per heavy atom. The van der Waals surface area contributed by atoms with Gasteiger partial charge < -0.3 is 14.4 Å². The predicted octanol–water partition coefficient (Wildman–Crippen LogP) is 10.9. The molecule has 0 N–H and O–H groups in total. The van der Waals surface area contributed by atoms with Crippen LogP contribution >= 0.6 is 11.6 Å². The summed E-state index contributed by atoms with van der Waals surface area (Å²) in [5.74, 6) is 1.26. The maximum Gasteiger partial charge on any atom is 0.127 e. The van der Waals surface area contributed by atoms with E-state index in [9.17, 15) is 4.39 Å². The van der Waals surface area contributed by atoms with Gasteiger partial charge in [0.05, 0.1) is 13.2 Å². The highest BCUT2D eigenvalue weighted by Gasteiger charge is 2.23. The van der Waals surface area contributed by atoms with Crippen molar-refractivity contribution in [3.8, 4) is 5.75 Å². The van der Waals surface area contributed by atoms with Crippen LogP contribution in [0.2, 0.25) is 5.02 Å². The molecule has 0 spiro atoms. The van der Waals surface area contributed by atoms with Crippen LogP contribution in [0, 0.1) is 12.7 Å². The van der Waals surface area contributed by atoms with Gasteiger partial charge in [-0.1, -0.05) is 62.7 Å². The molecule has 3 aromatic rings. The van der Waals surface area contributed by atoms with Crippen LogP contribution in [0.15, 0.2) is 83.8 Å². The van der Waals surface area contributed by atoms with Gasteiger partial charge in [-0.15, -0.1) is 0 Å². The van der Waals surface area contributed by atoms with Gasteiger partial charge in [0, 0.05) is 40.8 Å². The summed E-state index contributed by atoms with van der Waals surface area (Å²) in [6.07, 6.45) is 6.70. The van der Waals surface area contributed by atoms with Crippen LogP contribution in [0.1, 0.15) is 76.5 Å². The van der Waals surface area contributed by atoms with E-state index in [0.717, 1.165) is 82.7 Å². The molecule has 1 heterocycles. The molecule has 4 rings (SSSR count). The Morgan fingerprint density at radius 3 is 2.56 bits per heavy atom. The van der Waals surface area contributed by atoms with Crippen LogP contribution in [0.3, 0.4) is 0 Å². The van der Waals surface area contributed by atoms with Crippen molar-refractivity contribution in [2.24, 2.45) is 0 Å². The molecule has 5 heteroatoms. The van der Waals surface area contributed by atoms with Crippen LogP contribution in [0.5, 0.6) is 5.75 Å². The molecular weight excluding hydrogens is 557 g/mol. The van der Waals surface area contributed by atoms with E-state index in [2.05, 4.69) is 65.3 Å². The van der Waals surface area contributed by atoms with E-state index in [0.29, 0.717) is 13.2 Å². The first-order valence-corrected chi connectivity index (χ1v) is 15.8. The molecule has 0 bridgehead atoms. The third-order valence-corrected chi connectivity index (χ3v) is 8.76. The highest BCUT2D eigenvalue weighted by atomic mass is 35.5. The van der Waals surface area contributed by atoms with Gasteiger partial charge in [-0.25, -0.2) is 4.39 Å². The van der Waals surface area contributed by atoms with E-state index in [1.165, 1.54) is 34.0 Å². The second-order valence-corrected chi connectivity index (χ2v) is 11.7. The highest BCUT2D eigenvalue weighted by Crippen LogP contribution is 2.41. The summed E-state index contributed by atoms with van der Waals surface area (Å²) in [6.45, 7) is 17.3. The molecule has 0 fully saturated rings. The topological polar surface area (TPSA) is 21.7 Å². The molecule has 3 nitrogen and oxygen atoms in total. The molecule has 0 aromatic heterocycles. The lowest BCUT2D eigenvalue weighted by Crippen LogP contribution is -2.21. The molecule has 3 aromatic carbocycles. The monoisotopic (exact) mass is 601 g/mol. The van der Waals surface area contributed by atoms with Gasteiger partial charge in [0.2, 0.25) is 0 Å². The lowest BCUT2D eigenvalue weighted by molar-refractivity contribution is 0.215. The summed E-state index contributed by atoms with van der Waals surface area (Å²) in [5, 5.41) is 2.50. The zero-order valence-corrected chi connectivity index (χ0v) is 27.3. The SMILES string of the molecule is C=C(OCCCC)/C(CC)=C(\CCCOc1cccc2cc(F)ccc12)c1ccc(Cl)c(C2=C(C)N(C)CC=C2C)c1C. The zero-order chi connectivity index (χ0) is 31.1. The van der Waals surface area contributed by atoms with Crippen molar-refractivity contribution in [1.82, 2.24) is 4.90 Å². The van der Waals surface area contributed by atoms with Crippen molar-refractivity contribution in [2.75, 3.05) is 26.8 Å². The van der Waals surface area contributed by atoms with Crippen molar-refractivity contribution < 1.29 is 13.9 Å². The average molecular weight is 602 g/mol. The standard InChI is InChI=1S/C38H45ClFNO2/c1-8-10-22-42-28(6)31(9-2)34(14-12-23-43-36-15-11-13-29-24-30(40)16-17-33(29)36)32-18-19-35(39)38(26(32)4)37-25(3)20-21-41(7)27(37)5/h11,13,15-20,24H,6,8-10,12,14,21-23H2,1-5,7H3/b34-31+. The molecule has 0 saturated carbocycles. The number of allylic oxidation sites excluding steroid dienone is 5. The molecule has 1 aliphatic rings. The first-order valence-electron chi connectivity index (χ1n) is 15.4. The van der Waals surface area contributed by atoms with E-state index < -0.39 is 0 Å². The van der Waals surface area contributed by atoms with E-state index >= 15 is 0 Å². The fourth-order valence-corrected chi connectivity index (χ4v) is 6.21. The number of ether oxygens (including phenoxy) is 2. The van der Waals surface area contributed by atoms with Crippen LogP contribution in [0.4, 0.5) is 4.39 Å². The van der Waals surface area contributed by atoms with Crippen molar-refractivity contribution >= 4 is 33.5 Å². The Morgan fingerprint density at radius 2 is 1.81 bits per heavy atom. The lowest BCUT2D eigenvalue weighted by Gasteiger charge is -2.30. The van der Waals surface area contributed by atoms with Crippen LogP contribution in [-0.4, -0.2) is 31.7 Å². The van der Waals surface area contributed by atoms with E-state index in [-0.39, 0.29) is 5.82 Å². The number of hydrogen-bond acceptors (Lipinski definition) is 3. The molecule has 228 valence electrons. The Balaban J connectivity index is 1.70. The Labute approximate surface area is 262 Å². The first kappa shape index (κ1) is 32.4. The second kappa shape index (κ2) is 14.8. The number of likely N-dealkylation sites (N-methyl/N-ethyl adjacent to an activating group) is 1. The molecule has 0 aliphatic carbocycles. The van der Waals surface area contributed by atoms with Crippen molar-refractivity contribution in [3.63, 3.8) is 0 Å². The predicted molar refractivity (Wildman–Crippen MR) is 181 cm³/mol. The van der Waals surface area contributed by atoms with E-state index in [1.807, 2.05) is 24.3 Å². The molecule has 43 heavy (non-hydrogen) atoms. The third kappa shape index (κ3) is 7.36. The Bertz CT molecular complexity index is 1580. The molecule has 0 amide bonds. The molecule has 0 radical (unpaired) electrons. The summed E-state index contributed by atoms with van der Waals surface area (Å²) in [4.78, 5) is 2.27. The first-order chi connectivity index (χ1) is 20.7. The zero-order valence-electron chi connectivity index (χ0n) is 26.6. The number of benzene rings is 3. The number of rotatable bonds is 13. The number of nitrogens with zero attached hydrogens (tertiary/aromatic N) is 1. The molecule has 0 unspecified atom stereocenters. The number of fused-ring (bicyclic) bond motifs is 1. The molecule has 1 aliphatic heterocycles. The summed E-state index contributed by atoms with van der Waals surface area (Å²) in [7, 11) is 2.12. The summed E-state index contributed by atoms with van der Waals surface area (Å²) < 4.78 is 26.2. The lowest BCUT2D eigenvalue weighted by atomic mass is 9.84. The van der Waals surface area contributed by atoms with Gasteiger partial charge in [0.25, 0.3) is 0 Å². The summed E-state index contributed by atoms with van der Waals surface area (Å²) >= 11 is 6.95. The highest BCUT2D eigenvalue weighted by molar-refractivity contribution is 6.33. The van der Waals surface area contributed by atoms with Gasteiger partial charge in [0.15, 0.2) is 0 Å². The van der Waals surface area contributed by atoms with Gasteiger partial charge in [0.1, 0.15) is 17.3 Å². The summed E-state index contributed by atoms with van der Waals surface area (Å²) in [5.41, 5.74) is 9.42.